The van der Waals surface area contributed by atoms with Crippen molar-refractivity contribution in [2.45, 2.75) is 45.3 Å². The van der Waals surface area contributed by atoms with Crippen molar-refractivity contribution in [1.29, 1.82) is 0 Å². The molecule has 0 amide bonds. The molecule has 2 rings (SSSR count). The largest absolute Gasteiger partial charge is 0.458 e. The fraction of sp³-hybridized carbons (Fsp3) is 0.583. The Bertz CT molecular complexity index is 350. The predicted octanol–water partition coefficient (Wildman–Crippen LogP) is 2.78. The molecule has 1 saturated carbocycles. The number of rotatable bonds is 3. The second-order valence-electron chi connectivity index (χ2n) is 4.34. The van der Waals surface area contributed by atoms with Crippen molar-refractivity contribution in [2.75, 3.05) is 0 Å². The Morgan fingerprint density at radius 3 is 2.80 bits per heavy atom. The molecule has 82 valence electrons. The van der Waals surface area contributed by atoms with Crippen LogP contribution < -0.4 is 0 Å². The van der Waals surface area contributed by atoms with Gasteiger partial charge in [0, 0.05) is 12.2 Å². The number of nitrogens with zero attached hydrogens (tertiary/aromatic N) is 1. The van der Waals surface area contributed by atoms with E-state index in [1.165, 1.54) is 19.3 Å². The number of ether oxygens (including phenoxy) is 1. The molecule has 0 N–H and O–H groups in total. The molecule has 1 fully saturated rings. The molecule has 0 spiro atoms. The molecule has 1 aliphatic carbocycles. The first-order chi connectivity index (χ1) is 7.18. The Kier molecular flexibility index (Phi) is 2.80. The quantitative estimate of drug-likeness (QED) is 0.714. The van der Waals surface area contributed by atoms with Crippen molar-refractivity contribution in [3.8, 4) is 0 Å². The van der Waals surface area contributed by atoms with Gasteiger partial charge in [-0.3, -0.25) is 0 Å². The van der Waals surface area contributed by atoms with Gasteiger partial charge in [-0.15, -0.1) is 0 Å². The van der Waals surface area contributed by atoms with Crippen LogP contribution in [0.25, 0.3) is 0 Å². The van der Waals surface area contributed by atoms with E-state index in [4.69, 9.17) is 4.74 Å². The van der Waals surface area contributed by atoms with Crippen LogP contribution in [0.1, 0.15) is 49.6 Å². The van der Waals surface area contributed by atoms with Crippen LogP contribution in [0, 0.1) is 0 Å². The lowest BCUT2D eigenvalue weighted by molar-refractivity contribution is 0.0359. The summed E-state index contributed by atoms with van der Waals surface area (Å²) < 4.78 is 7.24. The highest BCUT2D eigenvalue weighted by atomic mass is 16.5. The van der Waals surface area contributed by atoms with Crippen LogP contribution in [0.5, 0.6) is 0 Å². The Morgan fingerprint density at radius 2 is 2.27 bits per heavy atom. The smallest absolute Gasteiger partial charge is 0.355 e. The standard InChI is InChI=1S/C12H17NO2/c1-9(2)15-12(14)11-7-4-8-13(11)10-5-3-6-10/h4,7-10H,3,5-6H2,1-2H3. The zero-order valence-electron chi connectivity index (χ0n) is 9.27. The van der Waals surface area contributed by atoms with E-state index >= 15 is 0 Å². The van der Waals surface area contributed by atoms with Gasteiger partial charge in [0.25, 0.3) is 0 Å². The van der Waals surface area contributed by atoms with Gasteiger partial charge in [-0.2, -0.15) is 0 Å². The van der Waals surface area contributed by atoms with E-state index in [-0.39, 0.29) is 12.1 Å². The van der Waals surface area contributed by atoms with Crippen LogP contribution in [-0.4, -0.2) is 16.6 Å². The highest BCUT2D eigenvalue weighted by molar-refractivity contribution is 5.87. The Morgan fingerprint density at radius 1 is 1.53 bits per heavy atom. The van der Waals surface area contributed by atoms with Gasteiger partial charge >= 0.3 is 5.97 Å². The molecular formula is C12H17NO2. The molecule has 0 aliphatic heterocycles. The molecule has 3 nitrogen and oxygen atoms in total. The maximum atomic E-state index is 11.7. The lowest BCUT2D eigenvalue weighted by atomic mass is 9.93. The van der Waals surface area contributed by atoms with Gasteiger partial charge in [0.05, 0.1) is 6.10 Å². The second-order valence-corrected chi connectivity index (χ2v) is 4.34. The molecule has 0 bridgehead atoms. The van der Waals surface area contributed by atoms with Crippen molar-refractivity contribution in [1.82, 2.24) is 4.57 Å². The number of aromatic nitrogens is 1. The van der Waals surface area contributed by atoms with E-state index in [1.54, 1.807) is 0 Å². The van der Waals surface area contributed by atoms with Crippen LogP contribution in [0.3, 0.4) is 0 Å². The van der Waals surface area contributed by atoms with Gasteiger partial charge in [-0.25, -0.2) is 4.79 Å². The van der Waals surface area contributed by atoms with Crippen molar-refractivity contribution in [3.05, 3.63) is 24.0 Å². The summed E-state index contributed by atoms with van der Waals surface area (Å²) in [5.74, 6) is -0.207. The number of esters is 1. The van der Waals surface area contributed by atoms with Crippen molar-refractivity contribution >= 4 is 5.97 Å². The Labute approximate surface area is 90.0 Å². The maximum absolute atomic E-state index is 11.7. The van der Waals surface area contributed by atoms with Gasteiger partial charge in [-0.05, 0) is 45.2 Å². The van der Waals surface area contributed by atoms with E-state index in [1.807, 2.05) is 36.7 Å². The van der Waals surface area contributed by atoms with E-state index in [2.05, 4.69) is 0 Å². The van der Waals surface area contributed by atoms with Gasteiger partial charge in [0.1, 0.15) is 5.69 Å². The van der Waals surface area contributed by atoms with Gasteiger partial charge in [0.2, 0.25) is 0 Å². The molecular weight excluding hydrogens is 190 g/mol. The monoisotopic (exact) mass is 207 g/mol. The first kappa shape index (κ1) is 10.3. The summed E-state index contributed by atoms with van der Waals surface area (Å²) in [5.41, 5.74) is 0.688. The van der Waals surface area contributed by atoms with E-state index in [0.29, 0.717) is 11.7 Å². The highest BCUT2D eigenvalue weighted by Gasteiger charge is 2.23. The van der Waals surface area contributed by atoms with E-state index < -0.39 is 0 Å². The molecule has 0 saturated heterocycles. The predicted molar refractivity (Wildman–Crippen MR) is 57.9 cm³/mol. The van der Waals surface area contributed by atoms with Crippen LogP contribution >= 0.6 is 0 Å². The van der Waals surface area contributed by atoms with Gasteiger partial charge in [-0.1, -0.05) is 0 Å². The van der Waals surface area contributed by atoms with E-state index in [9.17, 15) is 4.79 Å². The topological polar surface area (TPSA) is 31.2 Å². The highest BCUT2D eigenvalue weighted by Crippen LogP contribution is 2.32. The average molecular weight is 207 g/mol. The molecule has 0 aromatic carbocycles. The summed E-state index contributed by atoms with van der Waals surface area (Å²) in [7, 11) is 0. The summed E-state index contributed by atoms with van der Waals surface area (Å²) in [6.07, 6.45) is 5.54. The minimum atomic E-state index is -0.207. The van der Waals surface area contributed by atoms with Gasteiger partial charge in [0.15, 0.2) is 0 Å². The van der Waals surface area contributed by atoms with Gasteiger partial charge < -0.3 is 9.30 Å². The van der Waals surface area contributed by atoms with Crippen molar-refractivity contribution in [3.63, 3.8) is 0 Å². The van der Waals surface area contributed by atoms with Crippen LogP contribution in [0.2, 0.25) is 0 Å². The molecule has 0 atom stereocenters. The third-order valence-electron chi connectivity index (χ3n) is 2.80. The first-order valence-electron chi connectivity index (χ1n) is 5.56. The molecule has 0 unspecified atom stereocenters. The molecule has 1 heterocycles. The molecule has 1 aliphatic rings. The van der Waals surface area contributed by atoms with Crippen molar-refractivity contribution < 1.29 is 9.53 Å². The maximum Gasteiger partial charge on any atom is 0.355 e. The molecule has 3 heteroatoms. The third kappa shape index (κ3) is 2.06. The molecule has 1 aromatic heterocycles. The minimum absolute atomic E-state index is 0.0535. The summed E-state index contributed by atoms with van der Waals surface area (Å²) in [5, 5.41) is 0. The SMILES string of the molecule is CC(C)OC(=O)c1cccn1C1CCC1. The van der Waals surface area contributed by atoms with Crippen molar-refractivity contribution in [2.24, 2.45) is 0 Å². The molecule has 15 heavy (non-hydrogen) atoms. The lowest BCUT2D eigenvalue weighted by Crippen LogP contribution is -2.22. The van der Waals surface area contributed by atoms with Crippen LogP contribution in [0.4, 0.5) is 0 Å². The second kappa shape index (κ2) is 4.09. The fourth-order valence-electron chi connectivity index (χ4n) is 1.82. The number of carbonyl (C=O) groups excluding carboxylic acids is 1. The molecule has 0 radical (unpaired) electrons. The fourth-order valence-corrected chi connectivity index (χ4v) is 1.82. The Hall–Kier alpha value is -1.25. The number of carbonyl (C=O) groups is 1. The lowest BCUT2D eigenvalue weighted by Gasteiger charge is -2.28. The number of hydrogen-bond acceptors (Lipinski definition) is 2. The Balaban J connectivity index is 2.13. The van der Waals surface area contributed by atoms with Crippen LogP contribution in [-0.2, 0) is 4.74 Å². The summed E-state index contributed by atoms with van der Waals surface area (Å²) in [6, 6.07) is 4.26. The summed E-state index contributed by atoms with van der Waals surface area (Å²) >= 11 is 0. The molecule has 1 aromatic rings. The summed E-state index contributed by atoms with van der Waals surface area (Å²) in [6.45, 7) is 3.74. The third-order valence-corrected chi connectivity index (χ3v) is 2.80. The zero-order valence-corrected chi connectivity index (χ0v) is 9.27. The average Bonchev–Trinajstić information content (AvgIpc) is 2.48. The van der Waals surface area contributed by atoms with Crippen LogP contribution in [0.15, 0.2) is 18.3 Å². The first-order valence-corrected chi connectivity index (χ1v) is 5.56. The minimum Gasteiger partial charge on any atom is -0.458 e. The summed E-state index contributed by atoms with van der Waals surface area (Å²) in [4.78, 5) is 11.7. The normalized spacial score (nSPS) is 16.5. The van der Waals surface area contributed by atoms with E-state index in [0.717, 1.165) is 0 Å². The number of hydrogen-bond donors (Lipinski definition) is 0. The zero-order chi connectivity index (χ0) is 10.8.